The smallest absolute Gasteiger partial charge is 0.200 e. The van der Waals surface area contributed by atoms with Crippen LogP contribution in [0.2, 0.25) is 0 Å². The van der Waals surface area contributed by atoms with Crippen LogP contribution in [0.1, 0.15) is 46.0 Å². The van der Waals surface area contributed by atoms with Gasteiger partial charge in [0.05, 0.1) is 5.56 Å². The number of hydrogen-bond donors (Lipinski definition) is 2. The lowest BCUT2D eigenvalue weighted by atomic mass is 9.99. The summed E-state index contributed by atoms with van der Waals surface area (Å²) in [7, 11) is 0. The fourth-order valence-electron chi connectivity index (χ4n) is 2.69. The van der Waals surface area contributed by atoms with Crippen LogP contribution in [0.25, 0.3) is 10.9 Å². The summed E-state index contributed by atoms with van der Waals surface area (Å²) in [5.41, 5.74) is 1.89. The molecule has 0 unspecified atom stereocenters. The summed E-state index contributed by atoms with van der Waals surface area (Å²) in [6, 6.07) is 13.9. The van der Waals surface area contributed by atoms with Gasteiger partial charge >= 0.3 is 0 Å². The van der Waals surface area contributed by atoms with Gasteiger partial charge in [-0.05, 0) is 24.6 Å². The van der Waals surface area contributed by atoms with E-state index in [4.69, 9.17) is 0 Å². The summed E-state index contributed by atoms with van der Waals surface area (Å²) in [5, 5.41) is 10.7. The van der Waals surface area contributed by atoms with E-state index in [9.17, 15) is 14.7 Å². The number of aromatic amines is 1. The van der Waals surface area contributed by atoms with Crippen molar-refractivity contribution in [2.75, 3.05) is 0 Å². The summed E-state index contributed by atoms with van der Waals surface area (Å²) in [4.78, 5) is 27.6. The fourth-order valence-corrected chi connectivity index (χ4v) is 2.69. The van der Waals surface area contributed by atoms with Gasteiger partial charge in [0.15, 0.2) is 11.6 Å². The van der Waals surface area contributed by atoms with E-state index in [1.807, 2.05) is 13.0 Å². The highest BCUT2D eigenvalue weighted by Gasteiger charge is 2.20. The molecule has 0 spiro atoms. The molecule has 0 aliphatic heterocycles. The SMILES string of the molecule is CCCC(=O)c1ccc2[nH]c(O)c(C(=O)c3ccccc3)c2c1. The van der Waals surface area contributed by atoms with E-state index in [1.165, 1.54) is 0 Å². The van der Waals surface area contributed by atoms with Gasteiger partial charge < -0.3 is 10.1 Å². The molecule has 4 heteroatoms. The number of carbonyl (C=O) groups excluding carboxylic acids is 2. The Morgan fingerprint density at radius 2 is 1.78 bits per heavy atom. The third kappa shape index (κ3) is 2.75. The lowest BCUT2D eigenvalue weighted by molar-refractivity contribution is 0.0980. The van der Waals surface area contributed by atoms with Crippen molar-refractivity contribution in [1.29, 1.82) is 0 Å². The molecule has 0 bridgehead atoms. The Kier molecular flexibility index (Phi) is 3.98. The highest BCUT2D eigenvalue weighted by molar-refractivity contribution is 6.18. The maximum Gasteiger partial charge on any atom is 0.200 e. The quantitative estimate of drug-likeness (QED) is 0.698. The van der Waals surface area contributed by atoms with E-state index in [-0.39, 0.29) is 23.0 Å². The van der Waals surface area contributed by atoms with Crippen LogP contribution in [0.3, 0.4) is 0 Å². The Morgan fingerprint density at radius 1 is 1.04 bits per heavy atom. The number of hydrogen-bond acceptors (Lipinski definition) is 3. The molecule has 0 atom stereocenters. The van der Waals surface area contributed by atoms with Gasteiger partial charge in [0.1, 0.15) is 0 Å². The van der Waals surface area contributed by atoms with Crippen LogP contribution in [0.15, 0.2) is 48.5 Å². The lowest BCUT2D eigenvalue weighted by Gasteiger charge is -2.02. The van der Waals surface area contributed by atoms with Crippen molar-refractivity contribution in [2.24, 2.45) is 0 Å². The van der Waals surface area contributed by atoms with Crippen molar-refractivity contribution in [3.05, 3.63) is 65.2 Å². The number of H-pyrrole nitrogens is 1. The molecule has 3 rings (SSSR count). The molecule has 0 amide bonds. The van der Waals surface area contributed by atoms with E-state index >= 15 is 0 Å². The number of rotatable bonds is 5. The van der Waals surface area contributed by atoms with Crippen LogP contribution in [0, 0.1) is 0 Å². The van der Waals surface area contributed by atoms with Crippen LogP contribution >= 0.6 is 0 Å². The number of nitrogens with one attached hydrogen (secondary N) is 1. The zero-order chi connectivity index (χ0) is 16.4. The molecule has 0 saturated carbocycles. The Morgan fingerprint density at radius 3 is 2.48 bits per heavy atom. The van der Waals surface area contributed by atoms with E-state index in [0.29, 0.717) is 28.5 Å². The minimum absolute atomic E-state index is 0.0354. The summed E-state index contributed by atoms with van der Waals surface area (Å²) in [5.74, 6) is -0.406. The molecule has 3 aromatic rings. The van der Waals surface area contributed by atoms with Crippen molar-refractivity contribution >= 4 is 22.5 Å². The molecule has 116 valence electrons. The molecule has 0 saturated heterocycles. The van der Waals surface area contributed by atoms with Crippen molar-refractivity contribution < 1.29 is 14.7 Å². The van der Waals surface area contributed by atoms with E-state index in [2.05, 4.69) is 4.98 Å². The van der Waals surface area contributed by atoms with E-state index < -0.39 is 0 Å². The Bertz CT molecular complexity index is 878. The second-order valence-corrected chi connectivity index (χ2v) is 5.48. The highest BCUT2D eigenvalue weighted by atomic mass is 16.3. The summed E-state index contributed by atoms with van der Waals surface area (Å²) < 4.78 is 0. The Balaban J connectivity index is 2.12. The normalized spacial score (nSPS) is 10.8. The van der Waals surface area contributed by atoms with E-state index in [1.54, 1.807) is 42.5 Å². The molecule has 2 N–H and O–H groups in total. The molecule has 1 aromatic heterocycles. The first-order valence-electron chi connectivity index (χ1n) is 7.59. The Hall–Kier alpha value is -2.88. The van der Waals surface area contributed by atoms with Gasteiger partial charge in [-0.2, -0.15) is 0 Å². The number of Topliss-reactive ketones (excluding diaryl/α,β-unsaturated/α-hetero) is 1. The third-order valence-electron chi connectivity index (χ3n) is 3.84. The highest BCUT2D eigenvalue weighted by Crippen LogP contribution is 2.30. The molecule has 4 nitrogen and oxygen atoms in total. The monoisotopic (exact) mass is 307 g/mol. The van der Waals surface area contributed by atoms with Crippen LogP contribution in [0.4, 0.5) is 0 Å². The number of ketones is 2. The predicted molar refractivity (Wildman–Crippen MR) is 89.1 cm³/mol. The molecule has 1 heterocycles. The maximum absolute atomic E-state index is 12.7. The second-order valence-electron chi connectivity index (χ2n) is 5.48. The van der Waals surface area contributed by atoms with Gasteiger partial charge in [0.25, 0.3) is 0 Å². The average molecular weight is 307 g/mol. The van der Waals surface area contributed by atoms with Gasteiger partial charge in [0, 0.05) is 28.5 Å². The molecular weight excluding hydrogens is 290 g/mol. The van der Waals surface area contributed by atoms with E-state index in [0.717, 1.165) is 6.42 Å². The summed E-state index contributed by atoms with van der Waals surface area (Å²) >= 11 is 0. The molecule has 23 heavy (non-hydrogen) atoms. The molecule has 2 aromatic carbocycles. The van der Waals surface area contributed by atoms with Crippen LogP contribution in [0.5, 0.6) is 5.88 Å². The van der Waals surface area contributed by atoms with Crippen LogP contribution in [-0.2, 0) is 0 Å². The summed E-state index contributed by atoms with van der Waals surface area (Å²) in [6.45, 7) is 1.95. The first-order chi connectivity index (χ1) is 11.1. The number of fused-ring (bicyclic) bond motifs is 1. The van der Waals surface area contributed by atoms with Crippen molar-refractivity contribution in [1.82, 2.24) is 4.98 Å². The number of benzene rings is 2. The van der Waals surface area contributed by atoms with Gasteiger partial charge in [-0.3, -0.25) is 9.59 Å². The zero-order valence-electron chi connectivity index (χ0n) is 12.8. The zero-order valence-corrected chi connectivity index (χ0v) is 12.8. The number of carbonyl (C=O) groups is 2. The van der Waals surface area contributed by atoms with Gasteiger partial charge in [0.2, 0.25) is 5.88 Å². The lowest BCUT2D eigenvalue weighted by Crippen LogP contribution is -2.01. The number of aromatic nitrogens is 1. The molecule has 0 aliphatic carbocycles. The minimum Gasteiger partial charge on any atom is -0.494 e. The van der Waals surface area contributed by atoms with Gasteiger partial charge in [-0.25, -0.2) is 0 Å². The molecule has 0 aliphatic rings. The average Bonchev–Trinajstić information content (AvgIpc) is 2.90. The Labute approximate surface area is 133 Å². The standard InChI is InChI=1S/C19H17NO3/c1-2-6-16(21)13-9-10-15-14(11-13)17(19(23)20-15)18(22)12-7-4-3-5-8-12/h3-5,7-11,20,23H,2,6H2,1H3. The first-order valence-corrected chi connectivity index (χ1v) is 7.59. The van der Waals surface area contributed by atoms with Gasteiger partial charge in [-0.1, -0.05) is 37.3 Å². The van der Waals surface area contributed by atoms with Gasteiger partial charge in [-0.15, -0.1) is 0 Å². The molecule has 0 fully saturated rings. The molecule has 0 radical (unpaired) electrons. The fraction of sp³-hybridized carbons (Fsp3) is 0.158. The largest absolute Gasteiger partial charge is 0.494 e. The topological polar surface area (TPSA) is 70.2 Å². The predicted octanol–water partition coefficient (Wildman–Crippen LogP) is 4.09. The van der Waals surface area contributed by atoms with Crippen molar-refractivity contribution in [2.45, 2.75) is 19.8 Å². The molecular formula is C19H17NO3. The minimum atomic E-state index is -0.269. The maximum atomic E-state index is 12.7. The third-order valence-corrected chi connectivity index (χ3v) is 3.84. The van der Waals surface area contributed by atoms with Crippen LogP contribution in [-0.4, -0.2) is 21.7 Å². The summed E-state index contributed by atoms with van der Waals surface area (Å²) in [6.07, 6.45) is 1.23. The van der Waals surface area contributed by atoms with Crippen molar-refractivity contribution in [3.8, 4) is 5.88 Å². The van der Waals surface area contributed by atoms with Crippen LogP contribution < -0.4 is 0 Å². The first kappa shape index (κ1) is 15.0. The second kappa shape index (κ2) is 6.08. The van der Waals surface area contributed by atoms with Crippen molar-refractivity contribution in [3.63, 3.8) is 0 Å². The number of aromatic hydroxyl groups is 1.